The molecular formula is C49H31N3. The van der Waals surface area contributed by atoms with Crippen LogP contribution < -0.4 is 0 Å². The summed E-state index contributed by atoms with van der Waals surface area (Å²) in [5.41, 5.74) is 7.36. The van der Waals surface area contributed by atoms with E-state index in [0.29, 0.717) is 17.5 Å². The van der Waals surface area contributed by atoms with E-state index in [1.807, 2.05) is 36.4 Å². The van der Waals surface area contributed by atoms with E-state index >= 15 is 0 Å². The minimum Gasteiger partial charge on any atom is -0.208 e. The van der Waals surface area contributed by atoms with Crippen molar-refractivity contribution in [2.75, 3.05) is 0 Å². The molecule has 0 saturated heterocycles. The van der Waals surface area contributed by atoms with Crippen LogP contribution in [0.15, 0.2) is 188 Å². The van der Waals surface area contributed by atoms with Gasteiger partial charge in [-0.2, -0.15) is 0 Å². The van der Waals surface area contributed by atoms with Crippen molar-refractivity contribution in [3.63, 3.8) is 0 Å². The van der Waals surface area contributed by atoms with Crippen molar-refractivity contribution in [3.8, 4) is 56.4 Å². The van der Waals surface area contributed by atoms with Crippen molar-refractivity contribution >= 4 is 43.1 Å². The van der Waals surface area contributed by atoms with Gasteiger partial charge >= 0.3 is 0 Å². The summed E-state index contributed by atoms with van der Waals surface area (Å²) in [5, 5.41) is 10.1. The fourth-order valence-corrected chi connectivity index (χ4v) is 7.49. The van der Waals surface area contributed by atoms with Crippen molar-refractivity contribution in [2.24, 2.45) is 0 Å². The first kappa shape index (κ1) is 29.9. The Bertz CT molecular complexity index is 2950. The van der Waals surface area contributed by atoms with Gasteiger partial charge in [-0.3, -0.25) is 0 Å². The van der Waals surface area contributed by atoms with Gasteiger partial charge in [-0.15, -0.1) is 0 Å². The highest BCUT2D eigenvalue weighted by atomic mass is 15.0. The third kappa shape index (κ3) is 5.28. The molecule has 0 fully saturated rings. The molecule has 0 bridgehead atoms. The van der Waals surface area contributed by atoms with E-state index in [2.05, 4.69) is 152 Å². The Morgan fingerprint density at radius 1 is 0.231 bits per heavy atom. The van der Waals surface area contributed by atoms with Crippen molar-refractivity contribution in [3.05, 3.63) is 188 Å². The van der Waals surface area contributed by atoms with E-state index < -0.39 is 0 Å². The molecule has 9 aromatic carbocycles. The van der Waals surface area contributed by atoms with Crippen LogP contribution >= 0.6 is 0 Å². The largest absolute Gasteiger partial charge is 0.208 e. The fraction of sp³-hybridized carbons (Fsp3) is 0. The first-order valence-electron chi connectivity index (χ1n) is 17.6. The lowest BCUT2D eigenvalue weighted by atomic mass is 9.92. The summed E-state index contributed by atoms with van der Waals surface area (Å²) in [4.78, 5) is 15.1. The highest BCUT2D eigenvalue weighted by molar-refractivity contribution is 6.24. The Morgan fingerprint density at radius 3 is 1.44 bits per heavy atom. The SMILES string of the molecule is c1ccc(-c2cccc(-c3nc(-c4ccccc4)nc(-c4cccc(-c5ccc6c(ccc7ccc8c9ccccc9ccc8c76)c5)c4)n3)c2)cc1. The number of rotatable bonds is 5. The van der Waals surface area contributed by atoms with Crippen LogP contribution in [0, 0.1) is 0 Å². The monoisotopic (exact) mass is 661 g/mol. The Kier molecular flexibility index (Phi) is 7.14. The lowest BCUT2D eigenvalue weighted by molar-refractivity contribution is 1.07. The maximum atomic E-state index is 5.08. The fourth-order valence-electron chi connectivity index (χ4n) is 7.49. The molecule has 0 amide bonds. The number of hydrogen-bond donors (Lipinski definition) is 0. The second-order valence-corrected chi connectivity index (χ2v) is 13.2. The molecule has 0 aliphatic heterocycles. The highest BCUT2D eigenvalue weighted by Gasteiger charge is 2.15. The molecule has 52 heavy (non-hydrogen) atoms. The summed E-state index contributed by atoms with van der Waals surface area (Å²) < 4.78 is 0. The van der Waals surface area contributed by atoms with Crippen LogP contribution in [-0.4, -0.2) is 15.0 Å². The molecule has 0 radical (unpaired) electrons. The van der Waals surface area contributed by atoms with Crippen LogP contribution in [0.2, 0.25) is 0 Å². The molecule has 3 heteroatoms. The van der Waals surface area contributed by atoms with Gasteiger partial charge in [0.05, 0.1) is 0 Å². The summed E-state index contributed by atoms with van der Waals surface area (Å²) in [6.07, 6.45) is 0. The summed E-state index contributed by atoms with van der Waals surface area (Å²) in [6.45, 7) is 0. The van der Waals surface area contributed by atoms with Gasteiger partial charge in [0, 0.05) is 16.7 Å². The van der Waals surface area contributed by atoms with E-state index in [-0.39, 0.29) is 0 Å². The zero-order chi connectivity index (χ0) is 34.4. The minimum absolute atomic E-state index is 0.640. The molecule has 10 rings (SSSR count). The van der Waals surface area contributed by atoms with Gasteiger partial charge in [-0.05, 0) is 83.5 Å². The zero-order valence-corrected chi connectivity index (χ0v) is 28.2. The predicted molar refractivity (Wildman–Crippen MR) is 217 cm³/mol. The predicted octanol–water partition coefficient (Wildman–Crippen LogP) is 12.8. The van der Waals surface area contributed by atoms with Gasteiger partial charge in [0.15, 0.2) is 17.5 Å². The van der Waals surface area contributed by atoms with Gasteiger partial charge in [0.1, 0.15) is 0 Å². The van der Waals surface area contributed by atoms with Crippen LogP contribution in [-0.2, 0) is 0 Å². The average molecular weight is 662 g/mol. The molecule has 1 aromatic heterocycles. The Morgan fingerprint density at radius 2 is 0.712 bits per heavy atom. The van der Waals surface area contributed by atoms with Crippen molar-refractivity contribution in [1.82, 2.24) is 15.0 Å². The maximum absolute atomic E-state index is 5.08. The lowest BCUT2D eigenvalue weighted by Gasteiger charge is -2.12. The first-order chi connectivity index (χ1) is 25.7. The number of benzene rings is 9. The Labute approximate surface area is 301 Å². The molecule has 0 saturated carbocycles. The lowest BCUT2D eigenvalue weighted by Crippen LogP contribution is -2.00. The van der Waals surface area contributed by atoms with E-state index in [1.165, 1.54) is 43.1 Å². The molecule has 0 aliphatic rings. The van der Waals surface area contributed by atoms with Crippen molar-refractivity contribution in [1.29, 1.82) is 0 Å². The Hall–Kier alpha value is -6.97. The molecule has 0 unspecified atom stereocenters. The smallest absolute Gasteiger partial charge is 0.164 e. The number of aromatic nitrogens is 3. The first-order valence-corrected chi connectivity index (χ1v) is 17.6. The highest BCUT2D eigenvalue weighted by Crippen LogP contribution is 2.37. The van der Waals surface area contributed by atoms with E-state index in [1.54, 1.807) is 0 Å². The quantitative estimate of drug-likeness (QED) is 0.172. The number of nitrogens with zero attached hydrogens (tertiary/aromatic N) is 3. The second-order valence-electron chi connectivity index (χ2n) is 13.2. The van der Waals surface area contributed by atoms with Crippen LogP contribution in [0.5, 0.6) is 0 Å². The van der Waals surface area contributed by atoms with Crippen molar-refractivity contribution in [2.45, 2.75) is 0 Å². The molecule has 0 aliphatic carbocycles. The van der Waals surface area contributed by atoms with Gasteiger partial charge in [-0.25, -0.2) is 15.0 Å². The topological polar surface area (TPSA) is 38.7 Å². The third-order valence-corrected chi connectivity index (χ3v) is 10.1. The van der Waals surface area contributed by atoms with Crippen molar-refractivity contribution < 1.29 is 0 Å². The van der Waals surface area contributed by atoms with Crippen LogP contribution in [0.3, 0.4) is 0 Å². The summed E-state index contributed by atoms with van der Waals surface area (Å²) >= 11 is 0. The van der Waals surface area contributed by atoms with E-state index in [0.717, 1.165) is 38.9 Å². The molecule has 0 atom stereocenters. The maximum Gasteiger partial charge on any atom is 0.164 e. The summed E-state index contributed by atoms with van der Waals surface area (Å²) in [7, 11) is 0. The molecule has 0 N–H and O–H groups in total. The summed E-state index contributed by atoms with van der Waals surface area (Å²) in [6, 6.07) is 66.5. The van der Waals surface area contributed by atoms with Gasteiger partial charge < -0.3 is 0 Å². The normalized spacial score (nSPS) is 11.5. The molecule has 10 aromatic rings. The van der Waals surface area contributed by atoms with Crippen LogP contribution in [0.1, 0.15) is 0 Å². The molecule has 3 nitrogen and oxygen atoms in total. The van der Waals surface area contributed by atoms with E-state index in [9.17, 15) is 0 Å². The summed E-state index contributed by atoms with van der Waals surface area (Å²) in [5.74, 6) is 1.93. The standard InChI is InChI=1S/C49H31N3/c1-3-11-32(12-4-1)36-16-9-18-40(30-36)48-50-47(35-14-5-2-6-15-35)51-49(52-48)41-19-10-17-37(31-41)38-25-26-43-39(29-38)22-21-34-24-27-44-42-20-8-7-13-33(42)23-28-45(44)46(34)43/h1-31H. The third-order valence-electron chi connectivity index (χ3n) is 10.1. The van der Waals surface area contributed by atoms with Crippen LogP contribution in [0.25, 0.3) is 99.5 Å². The van der Waals surface area contributed by atoms with E-state index in [4.69, 9.17) is 15.0 Å². The number of hydrogen-bond acceptors (Lipinski definition) is 3. The zero-order valence-electron chi connectivity index (χ0n) is 28.2. The molecular weight excluding hydrogens is 631 g/mol. The molecule has 242 valence electrons. The van der Waals surface area contributed by atoms with Gasteiger partial charge in [0.2, 0.25) is 0 Å². The Balaban J connectivity index is 1.08. The number of fused-ring (bicyclic) bond motifs is 7. The second kappa shape index (κ2) is 12.4. The molecule has 1 heterocycles. The van der Waals surface area contributed by atoms with Gasteiger partial charge in [-0.1, -0.05) is 170 Å². The molecule has 0 spiro atoms. The minimum atomic E-state index is 0.640. The average Bonchev–Trinajstić information content (AvgIpc) is 3.23. The van der Waals surface area contributed by atoms with Crippen LogP contribution in [0.4, 0.5) is 0 Å². The van der Waals surface area contributed by atoms with Gasteiger partial charge in [0.25, 0.3) is 0 Å².